The summed E-state index contributed by atoms with van der Waals surface area (Å²) in [5.74, 6) is 0.101. The van der Waals surface area contributed by atoms with E-state index in [0.29, 0.717) is 19.4 Å². The van der Waals surface area contributed by atoms with Crippen LogP contribution in [0.3, 0.4) is 0 Å². The van der Waals surface area contributed by atoms with Gasteiger partial charge in [0, 0.05) is 19.6 Å². The van der Waals surface area contributed by atoms with E-state index in [1.807, 2.05) is 0 Å². The minimum absolute atomic E-state index is 0.0509. The predicted octanol–water partition coefficient (Wildman–Crippen LogP) is -0.533. The summed E-state index contributed by atoms with van der Waals surface area (Å²) in [5.41, 5.74) is -1.01. The lowest BCUT2D eigenvalue weighted by Crippen LogP contribution is -2.43. The third kappa shape index (κ3) is 3.53. The molecule has 5 nitrogen and oxygen atoms in total. The summed E-state index contributed by atoms with van der Waals surface area (Å²) >= 11 is 0. The van der Waals surface area contributed by atoms with Gasteiger partial charge in [0.15, 0.2) is 0 Å². The zero-order valence-electron chi connectivity index (χ0n) is 8.32. The van der Waals surface area contributed by atoms with Crippen molar-refractivity contribution in [3.05, 3.63) is 0 Å². The van der Waals surface area contributed by atoms with Crippen LogP contribution in [0.5, 0.6) is 0 Å². The molecule has 2 N–H and O–H groups in total. The van der Waals surface area contributed by atoms with Crippen molar-refractivity contribution in [1.82, 2.24) is 4.72 Å². The van der Waals surface area contributed by atoms with Gasteiger partial charge in [0.25, 0.3) is 0 Å². The molecule has 1 aliphatic rings. The molecule has 1 saturated heterocycles. The molecule has 1 aliphatic heterocycles. The molecule has 0 amide bonds. The maximum atomic E-state index is 11.3. The SMILES string of the molecule is CCCS(=O)(=O)NCC1(O)CCOC1. The van der Waals surface area contributed by atoms with Gasteiger partial charge in [-0.15, -0.1) is 0 Å². The molecular weight excluding hydrogens is 206 g/mol. The molecule has 1 rings (SSSR count). The van der Waals surface area contributed by atoms with Crippen molar-refractivity contribution >= 4 is 10.0 Å². The summed E-state index contributed by atoms with van der Waals surface area (Å²) in [4.78, 5) is 0. The highest BCUT2D eigenvalue weighted by Crippen LogP contribution is 2.17. The first-order valence-electron chi connectivity index (χ1n) is 4.75. The van der Waals surface area contributed by atoms with Gasteiger partial charge in [-0.25, -0.2) is 13.1 Å². The van der Waals surface area contributed by atoms with Gasteiger partial charge in [-0.1, -0.05) is 6.92 Å². The molecule has 1 unspecified atom stereocenters. The number of hydrogen-bond acceptors (Lipinski definition) is 4. The average Bonchev–Trinajstić information content (AvgIpc) is 2.50. The average molecular weight is 223 g/mol. The number of sulfonamides is 1. The van der Waals surface area contributed by atoms with E-state index in [2.05, 4.69) is 4.72 Å². The first-order chi connectivity index (χ1) is 6.47. The molecule has 0 bridgehead atoms. The van der Waals surface area contributed by atoms with Crippen molar-refractivity contribution in [2.75, 3.05) is 25.5 Å². The van der Waals surface area contributed by atoms with Gasteiger partial charge >= 0.3 is 0 Å². The Hall–Kier alpha value is -0.170. The van der Waals surface area contributed by atoms with Gasteiger partial charge in [-0.3, -0.25) is 0 Å². The minimum Gasteiger partial charge on any atom is -0.386 e. The largest absolute Gasteiger partial charge is 0.386 e. The molecule has 0 aromatic heterocycles. The zero-order chi connectivity index (χ0) is 10.7. The number of nitrogens with one attached hydrogen (secondary N) is 1. The molecule has 0 radical (unpaired) electrons. The van der Waals surface area contributed by atoms with Crippen LogP contribution < -0.4 is 4.72 Å². The lowest BCUT2D eigenvalue weighted by Gasteiger charge is -2.20. The van der Waals surface area contributed by atoms with Crippen LogP contribution in [0.2, 0.25) is 0 Å². The summed E-state index contributed by atoms with van der Waals surface area (Å²) < 4.78 is 29.9. The van der Waals surface area contributed by atoms with E-state index in [9.17, 15) is 13.5 Å². The van der Waals surface area contributed by atoms with E-state index < -0.39 is 15.6 Å². The van der Waals surface area contributed by atoms with Crippen LogP contribution >= 0.6 is 0 Å². The topological polar surface area (TPSA) is 75.6 Å². The molecule has 0 spiro atoms. The summed E-state index contributed by atoms with van der Waals surface area (Å²) in [6.45, 7) is 2.55. The third-order valence-corrected chi connectivity index (χ3v) is 3.71. The van der Waals surface area contributed by atoms with Crippen LogP contribution in [0.25, 0.3) is 0 Å². The Bertz CT molecular complexity index is 269. The quantitative estimate of drug-likeness (QED) is 0.657. The molecule has 0 aromatic rings. The Morgan fingerprint density at radius 3 is 2.79 bits per heavy atom. The summed E-state index contributed by atoms with van der Waals surface area (Å²) in [6.07, 6.45) is 1.06. The van der Waals surface area contributed by atoms with Gasteiger partial charge in [-0.2, -0.15) is 0 Å². The van der Waals surface area contributed by atoms with Crippen molar-refractivity contribution in [3.63, 3.8) is 0 Å². The molecule has 0 saturated carbocycles. The van der Waals surface area contributed by atoms with Crippen LogP contribution in [-0.2, 0) is 14.8 Å². The molecule has 0 aliphatic carbocycles. The van der Waals surface area contributed by atoms with E-state index in [1.54, 1.807) is 6.92 Å². The van der Waals surface area contributed by atoms with Gasteiger partial charge in [0.05, 0.1) is 12.4 Å². The lowest BCUT2D eigenvalue weighted by molar-refractivity contribution is 0.0314. The molecule has 1 heterocycles. The number of rotatable bonds is 5. The normalized spacial score (nSPS) is 28.1. The van der Waals surface area contributed by atoms with E-state index in [0.717, 1.165) is 0 Å². The second-order valence-corrected chi connectivity index (χ2v) is 5.59. The van der Waals surface area contributed by atoms with E-state index in [4.69, 9.17) is 4.74 Å². The minimum atomic E-state index is -3.22. The molecule has 1 atom stereocenters. The smallest absolute Gasteiger partial charge is 0.211 e. The summed E-state index contributed by atoms with van der Waals surface area (Å²) in [5, 5.41) is 9.77. The Labute approximate surface area is 84.5 Å². The first kappa shape index (κ1) is 11.9. The molecular formula is C8H17NO4S. The summed E-state index contributed by atoms with van der Waals surface area (Å²) in [7, 11) is -3.22. The maximum Gasteiger partial charge on any atom is 0.211 e. The lowest BCUT2D eigenvalue weighted by atomic mass is 10.1. The molecule has 0 aromatic carbocycles. The third-order valence-electron chi connectivity index (χ3n) is 2.18. The van der Waals surface area contributed by atoms with Crippen molar-refractivity contribution in [1.29, 1.82) is 0 Å². The molecule has 84 valence electrons. The van der Waals surface area contributed by atoms with E-state index in [1.165, 1.54) is 0 Å². The van der Waals surface area contributed by atoms with E-state index in [-0.39, 0.29) is 18.9 Å². The van der Waals surface area contributed by atoms with Crippen LogP contribution in [0, 0.1) is 0 Å². The van der Waals surface area contributed by atoms with Crippen LogP contribution in [0.15, 0.2) is 0 Å². The van der Waals surface area contributed by atoms with Gasteiger partial charge in [0.1, 0.15) is 5.60 Å². The molecule has 1 fully saturated rings. The fraction of sp³-hybridized carbons (Fsp3) is 1.00. The standard InChI is InChI=1S/C8H17NO4S/c1-2-5-14(11,12)9-6-8(10)3-4-13-7-8/h9-10H,2-7H2,1H3. The van der Waals surface area contributed by atoms with Gasteiger partial charge < -0.3 is 9.84 Å². The number of hydrogen-bond donors (Lipinski definition) is 2. The summed E-state index contributed by atoms with van der Waals surface area (Å²) in [6, 6.07) is 0. The second kappa shape index (κ2) is 4.57. The fourth-order valence-corrected chi connectivity index (χ4v) is 2.49. The highest BCUT2D eigenvalue weighted by molar-refractivity contribution is 7.89. The van der Waals surface area contributed by atoms with Crippen LogP contribution in [-0.4, -0.2) is 44.6 Å². The monoisotopic (exact) mass is 223 g/mol. The second-order valence-electron chi connectivity index (χ2n) is 3.67. The van der Waals surface area contributed by atoms with Crippen LogP contribution in [0.4, 0.5) is 0 Å². The predicted molar refractivity (Wildman–Crippen MR) is 52.5 cm³/mol. The molecule has 6 heteroatoms. The Morgan fingerprint density at radius 1 is 1.57 bits per heavy atom. The van der Waals surface area contributed by atoms with E-state index >= 15 is 0 Å². The van der Waals surface area contributed by atoms with Crippen molar-refractivity contribution in [2.45, 2.75) is 25.4 Å². The van der Waals surface area contributed by atoms with Crippen molar-refractivity contribution < 1.29 is 18.3 Å². The van der Waals surface area contributed by atoms with Crippen molar-refractivity contribution in [2.24, 2.45) is 0 Å². The van der Waals surface area contributed by atoms with Crippen molar-refractivity contribution in [3.8, 4) is 0 Å². The Balaban J connectivity index is 2.39. The van der Waals surface area contributed by atoms with Gasteiger partial charge in [0.2, 0.25) is 10.0 Å². The number of aliphatic hydroxyl groups is 1. The zero-order valence-corrected chi connectivity index (χ0v) is 9.14. The Morgan fingerprint density at radius 2 is 2.29 bits per heavy atom. The maximum absolute atomic E-state index is 11.3. The molecule has 14 heavy (non-hydrogen) atoms. The highest BCUT2D eigenvalue weighted by Gasteiger charge is 2.33. The highest BCUT2D eigenvalue weighted by atomic mass is 32.2. The number of ether oxygens (including phenoxy) is 1. The van der Waals surface area contributed by atoms with Gasteiger partial charge in [-0.05, 0) is 6.42 Å². The first-order valence-corrected chi connectivity index (χ1v) is 6.40. The van der Waals surface area contributed by atoms with Crippen LogP contribution in [0.1, 0.15) is 19.8 Å². The fourth-order valence-electron chi connectivity index (χ4n) is 1.32. The Kier molecular flexibility index (Phi) is 3.88.